The number of amides is 1. The molecule has 0 aliphatic heterocycles. The van der Waals surface area contributed by atoms with E-state index in [1.54, 1.807) is 20.8 Å². The second-order valence-corrected chi connectivity index (χ2v) is 5.02. The summed E-state index contributed by atoms with van der Waals surface area (Å²) in [6.45, 7) is 4.84. The first kappa shape index (κ1) is 16.1. The van der Waals surface area contributed by atoms with Crippen molar-refractivity contribution in [1.82, 2.24) is 10.5 Å². The molecule has 22 heavy (non-hydrogen) atoms. The fraction of sp³-hybridized carbons (Fsp3) is 0.333. The molecule has 0 bridgehead atoms. The Labute approximate surface area is 125 Å². The molecule has 1 N–H and O–H groups in total. The lowest BCUT2D eigenvalue weighted by Gasteiger charge is -2.16. The lowest BCUT2D eigenvalue weighted by Crippen LogP contribution is -2.27. The quantitative estimate of drug-likeness (QED) is 0.938. The Kier molecular flexibility index (Phi) is 4.25. The van der Waals surface area contributed by atoms with Crippen LogP contribution >= 0.6 is 0 Å². The second kappa shape index (κ2) is 5.82. The third-order valence-corrected chi connectivity index (χ3v) is 3.32. The van der Waals surface area contributed by atoms with Gasteiger partial charge in [0.25, 0.3) is 5.91 Å². The van der Waals surface area contributed by atoms with Gasteiger partial charge < -0.3 is 9.84 Å². The summed E-state index contributed by atoms with van der Waals surface area (Å²) in [6.07, 6.45) is -4.42. The summed E-state index contributed by atoms with van der Waals surface area (Å²) in [4.78, 5) is 12.2. The number of nitrogens with one attached hydrogen (secondary N) is 1. The van der Waals surface area contributed by atoms with Gasteiger partial charge in [-0.15, -0.1) is 0 Å². The summed E-state index contributed by atoms with van der Waals surface area (Å²) in [5.41, 5.74) is 0.364. The van der Waals surface area contributed by atoms with Crippen LogP contribution in [0.2, 0.25) is 0 Å². The molecule has 1 aromatic carbocycles. The Hall–Kier alpha value is -2.31. The molecular formula is C15H15F3N2O2. The van der Waals surface area contributed by atoms with Crippen molar-refractivity contribution in [2.45, 2.75) is 33.0 Å². The highest BCUT2D eigenvalue weighted by Crippen LogP contribution is 2.30. The number of rotatable bonds is 3. The number of aryl methyl sites for hydroxylation is 2. The van der Waals surface area contributed by atoms with Crippen LogP contribution < -0.4 is 5.32 Å². The highest BCUT2D eigenvalue weighted by Gasteiger charge is 2.31. The van der Waals surface area contributed by atoms with Gasteiger partial charge in [0.15, 0.2) is 0 Å². The lowest BCUT2D eigenvalue weighted by molar-refractivity contribution is -0.137. The van der Waals surface area contributed by atoms with Crippen molar-refractivity contribution in [2.24, 2.45) is 0 Å². The third-order valence-electron chi connectivity index (χ3n) is 3.32. The molecule has 1 atom stereocenters. The van der Waals surface area contributed by atoms with E-state index in [1.165, 1.54) is 12.1 Å². The molecule has 0 spiro atoms. The summed E-state index contributed by atoms with van der Waals surface area (Å²) in [5.74, 6) is -0.0626. The van der Waals surface area contributed by atoms with E-state index in [1.807, 2.05) is 0 Å². The zero-order valence-electron chi connectivity index (χ0n) is 12.3. The van der Waals surface area contributed by atoms with Crippen LogP contribution in [0.3, 0.4) is 0 Å². The van der Waals surface area contributed by atoms with Gasteiger partial charge in [0, 0.05) is 0 Å². The fourth-order valence-electron chi connectivity index (χ4n) is 2.14. The van der Waals surface area contributed by atoms with E-state index < -0.39 is 23.7 Å². The van der Waals surface area contributed by atoms with Gasteiger partial charge in [0.2, 0.25) is 0 Å². The number of hydrogen-bond donors (Lipinski definition) is 1. The number of nitrogens with zero attached hydrogens (tertiary/aromatic N) is 1. The number of hydrogen-bond acceptors (Lipinski definition) is 3. The average molecular weight is 312 g/mol. The molecule has 7 heteroatoms. The van der Waals surface area contributed by atoms with Gasteiger partial charge in [0.1, 0.15) is 11.3 Å². The number of carbonyl (C=O) groups is 1. The first-order valence-electron chi connectivity index (χ1n) is 6.61. The molecular weight excluding hydrogens is 297 g/mol. The Morgan fingerprint density at radius 3 is 2.55 bits per heavy atom. The van der Waals surface area contributed by atoms with Crippen molar-refractivity contribution < 1.29 is 22.5 Å². The summed E-state index contributed by atoms with van der Waals surface area (Å²) < 4.78 is 43.1. The maximum atomic E-state index is 12.7. The molecule has 1 amide bonds. The molecule has 2 rings (SSSR count). The average Bonchev–Trinajstić information content (AvgIpc) is 2.77. The normalized spacial score (nSPS) is 13.0. The molecule has 1 aromatic heterocycles. The summed E-state index contributed by atoms with van der Waals surface area (Å²) >= 11 is 0. The first-order chi connectivity index (χ1) is 10.2. The SMILES string of the molecule is Cc1noc(C)c1C(=O)N[C@@H](C)c1cccc(C(F)(F)F)c1. The minimum absolute atomic E-state index is 0.304. The van der Waals surface area contributed by atoms with Gasteiger partial charge in [-0.2, -0.15) is 13.2 Å². The van der Waals surface area contributed by atoms with Crippen LogP contribution in [0.4, 0.5) is 13.2 Å². The van der Waals surface area contributed by atoms with Crippen LogP contribution in [0.1, 0.15) is 45.9 Å². The summed E-state index contributed by atoms with van der Waals surface area (Å²) in [5, 5.41) is 6.33. The molecule has 0 radical (unpaired) electrons. The van der Waals surface area contributed by atoms with Crippen molar-refractivity contribution in [3.8, 4) is 0 Å². The predicted octanol–water partition coefficient (Wildman–Crippen LogP) is 3.80. The van der Waals surface area contributed by atoms with E-state index >= 15 is 0 Å². The number of benzene rings is 1. The van der Waals surface area contributed by atoms with Gasteiger partial charge in [0.05, 0.1) is 17.3 Å². The third kappa shape index (κ3) is 3.29. The van der Waals surface area contributed by atoms with E-state index in [9.17, 15) is 18.0 Å². The molecule has 0 unspecified atom stereocenters. The standard InChI is InChI=1S/C15H15F3N2O2/c1-8(11-5-4-6-12(7-11)15(16,17)18)19-14(21)13-9(2)20-22-10(13)3/h4-8H,1-3H3,(H,19,21)/t8-/m0/s1. The molecule has 0 aliphatic carbocycles. The van der Waals surface area contributed by atoms with Crippen LogP contribution in [0.25, 0.3) is 0 Å². The smallest absolute Gasteiger partial charge is 0.361 e. The maximum absolute atomic E-state index is 12.7. The number of aromatic nitrogens is 1. The van der Waals surface area contributed by atoms with Gasteiger partial charge in [-0.3, -0.25) is 4.79 Å². The van der Waals surface area contributed by atoms with E-state index in [0.717, 1.165) is 12.1 Å². The fourth-order valence-corrected chi connectivity index (χ4v) is 2.14. The van der Waals surface area contributed by atoms with Crippen LogP contribution in [0, 0.1) is 13.8 Å². The molecule has 0 aliphatic rings. The largest absolute Gasteiger partial charge is 0.416 e. The number of halogens is 3. The van der Waals surface area contributed by atoms with Crippen LogP contribution in [0.15, 0.2) is 28.8 Å². The summed E-state index contributed by atoms with van der Waals surface area (Å²) in [7, 11) is 0. The topological polar surface area (TPSA) is 55.1 Å². The molecule has 1 heterocycles. The van der Waals surface area contributed by atoms with Gasteiger partial charge >= 0.3 is 6.18 Å². The van der Waals surface area contributed by atoms with E-state index in [4.69, 9.17) is 4.52 Å². The van der Waals surface area contributed by atoms with Crippen LogP contribution in [-0.2, 0) is 6.18 Å². The van der Waals surface area contributed by atoms with E-state index in [-0.39, 0.29) is 0 Å². The van der Waals surface area contributed by atoms with E-state index in [2.05, 4.69) is 10.5 Å². The number of alkyl halides is 3. The zero-order chi connectivity index (χ0) is 16.5. The van der Waals surface area contributed by atoms with Crippen LogP contribution in [-0.4, -0.2) is 11.1 Å². The van der Waals surface area contributed by atoms with Gasteiger partial charge in [-0.25, -0.2) is 0 Å². The Bertz CT molecular complexity index is 673. The van der Waals surface area contributed by atoms with Crippen molar-refractivity contribution in [1.29, 1.82) is 0 Å². The Morgan fingerprint density at radius 2 is 2.00 bits per heavy atom. The van der Waals surface area contributed by atoms with Crippen molar-refractivity contribution in [2.75, 3.05) is 0 Å². The molecule has 0 fully saturated rings. The molecule has 0 saturated heterocycles. The monoisotopic (exact) mass is 312 g/mol. The second-order valence-electron chi connectivity index (χ2n) is 5.02. The molecule has 118 valence electrons. The minimum atomic E-state index is -4.42. The molecule has 2 aromatic rings. The molecule has 4 nitrogen and oxygen atoms in total. The highest BCUT2D eigenvalue weighted by atomic mass is 19.4. The maximum Gasteiger partial charge on any atom is 0.416 e. The van der Waals surface area contributed by atoms with Crippen molar-refractivity contribution in [3.05, 3.63) is 52.4 Å². The van der Waals surface area contributed by atoms with Gasteiger partial charge in [-0.05, 0) is 38.5 Å². The molecule has 0 saturated carbocycles. The number of carbonyl (C=O) groups excluding carboxylic acids is 1. The lowest BCUT2D eigenvalue weighted by atomic mass is 10.0. The van der Waals surface area contributed by atoms with Crippen molar-refractivity contribution >= 4 is 5.91 Å². The van der Waals surface area contributed by atoms with E-state index in [0.29, 0.717) is 22.6 Å². The van der Waals surface area contributed by atoms with Crippen LogP contribution in [0.5, 0.6) is 0 Å². The van der Waals surface area contributed by atoms with Crippen molar-refractivity contribution in [3.63, 3.8) is 0 Å². The Morgan fingerprint density at radius 1 is 1.32 bits per heavy atom. The predicted molar refractivity (Wildman–Crippen MR) is 73.3 cm³/mol. The Balaban J connectivity index is 2.19. The zero-order valence-corrected chi connectivity index (χ0v) is 12.3. The minimum Gasteiger partial charge on any atom is -0.361 e. The summed E-state index contributed by atoms with van der Waals surface area (Å²) in [6, 6.07) is 4.29. The van der Waals surface area contributed by atoms with Gasteiger partial charge in [-0.1, -0.05) is 17.3 Å². The highest BCUT2D eigenvalue weighted by molar-refractivity contribution is 5.96. The first-order valence-corrected chi connectivity index (χ1v) is 6.61.